The Bertz CT molecular complexity index is 571. The summed E-state index contributed by atoms with van der Waals surface area (Å²) in [6, 6.07) is 4.68. The summed E-state index contributed by atoms with van der Waals surface area (Å²) < 4.78 is 2.38. The maximum Gasteiger partial charge on any atom is 0.160 e. The molecule has 1 aliphatic rings. The first kappa shape index (κ1) is 13.6. The van der Waals surface area contributed by atoms with Gasteiger partial charge in [-0.05, 0) is 50.3 Å². The molecule has 1 atom stereocenters. The fourth-order valence-electron chi connectivity index (χ4n) is 2.99. The third kappa shape index (κ3) is 2.70. The van der Waals surface area contributed by atoms with Crippen LogP contribution >= 0.6 is 0 Å². The molecule has 0 amide bonds. The van der Waals surface area contributed by atoms with Crippen molar-refractivity contribution in [3.8, 4) is 0 Å². The topological polar surface area (TPSA) is 56.7 Å². The van der Waals surface area contributed by atoms with Gasteiger partial charge in [-0.1, -0.05) is 13.3 Å². The Balaban J connectivity index is 1.81. The Morgan fingerprint density at radius 2 is 2.25 bits per heavy atom. The van der Waals surface area contributed by atoms with Crippen LogP contribution in [0.5, 0.6) is 0 Å². The van der Waals surface area contributed by atoms with Gasteiger partial charge in [0, 0.05) is 18.7 Å². The largest absolute Gasteiger partial charge is 0.330 e. The van der Waals surface area contributed by atoms with Crippen LogP contribution in [0.3, 0.4) is 0 Å². The molecular weight excluding hydrogens is 248 g/mol. The molecule has 0 radical (unpaired) electrons. The molecule has 2 aromatic rings. The van der Waals surface area contributed by atoms with Crippen LogP contribution < -0.4 is 5.73 Å². The predicted molar refractivity (Wildman–Crippen MR) is 81.6 cm³/mol. The Kier molecular flexibility index (Phi) is 4.01. The number of aromatic nitrogens is 3. The monoisotopic (exact) mass is 272 g/mol. The predicted octanol–water partition coefficient (Wildman–Crippen LogP) is 3.07. The van der Waals surface area contributed by atoms with E-state index in [2.05, 4.69) is 22.5 Å². The SMILES string of the molecule is CCC(CCN)CCc1nc2cccnc2n1C1CC1. The van der Waals surface area contributed by atoms with E-state index in [1.165, 1.54) is 31.5 Å². The van der Waals surface area contributed by atoms with Crippen LogP contribution in [0.15, 0.2) is 18.3 Å². The van der Waals surface area contributed by atoms with Crippen LogP contribution in [0.4, 0.5) is 0 Å². The molecule has 0 aliphatic heterocycles. The van der Waals surface area contributed by atoms with Crippen molar-refractivity contribution >= 4 is 11.2 Å². The zero-order valence-corrected chi connectivity index (χ0v) is 12.3. The molecule has 2 N–H and O–H groups in total. The van der Waals surface area contributed by atoms with Gasteiger partial charge in [0.1, 0.15) is 11.3 Å². The minimum Gasteiger partial charge on any atom is -0.330 e. The highest BCUT2D eigenvalue weighted by atomic mass is 15.2. The lowest BCUT2D eigenvalue weighted by atomic mass is 9.96. The molecule has 1 aliphatic carbocycles. The molecule has 1 saturated carbocycles. The summed E-state index contributed by atoms with van der Waals surface area (Å²) in [6.07, 6.45) is 8.98. The zero-order valence-electron chi connectivity index (χ0n) is 12.3. The molecular formula is C16H24N4. The molecule has 2 aromatic heterocycles. The van der Waals surface area contributed by atoms with Gasteiger partial charge in [0.2, 0.25) is 0 Å². The number of nitrogens with zero attached hydrogens (tertiary/aromatic N) is 3. The van der Waals surface area contributed by atoms with Crippen LogP contribution in [0.1, 0.15) is 50.9 Å². The van der Waals surface area contributed by atoms with Gasteiger partial charge in [0.15, 0.2) is 5.65 Å². The number of hydrogen-bond acceptors (Lipinski definition) is 3. The summed E-state index contributed by atoms with van der Waals surface area (Å²) in [5.74, 6) is 1.94. The first-order valence-electron chi connectivity index (χ1n) is 7.85. The van der Waals surface area contributed by atoms with E-state index >= 15 is 0 Å². The smallest absolute Gasteiger partial charge is 0.160 e. The zero-order chi connectivity index (χ0) is 13.9. The molecule has 3 rings (SSSR count). The lowest BCUT2D eigenvalue weighted by Crippen LogP contribution is -2.11. The van der Waals surface area contributed by atoms with Gasteiger partial charge >= 0.3 is 0 Å². The Morgan fingerprint density at radius 1 is 1.40 bits per heavy atom. The molecule has 0 spiro atoms. The van der Waals surface area contributed by atoms with Crippen molar-refractivity contribution in [2.45, 2.75) is 51.5 Å². The van der Waals surface area contributed by atoms with E-state index in [0.717, 1.165) is 36.5 Å². The van der Waals surface area contributed by atoms with Crippen molar-refractivity contribution < 1.29 is 0 Å². The van der Waals surface area contributed by atoms with Crippen LogP contribution in [0.2, 0.25) is 0 Å². The van der Waals surface area contributed by atoms with Gasteiger partial charge in [0.05, 0.1) is 0 Å². The second-order valence-electron chi connectivity index (χ2n) is 5.87. The fraction of sp³-hybridized carbons (Fsp3) is 0.625. The van der Waals surface area contributed by atoms with Crippen LogP contribution in [-0.2, 0) is 6.42 Å². The van der Waals surface area contributed by atoms with Gasteiger partial charge < -0.3 is 10.3 Å². The third-order valence-corrected chi connectivity index (χ3v) is 4.36. The standard InChI is InChI=1S/C16H24N4/c1-2-12(9-10-17)5-8-15-19-14-4-3-11-18-16(14)20(15)13-6-7-13/h3-4,11-13H,2,5-10,17H2,1H3. The number of nitrogens with two attached hydrogens (primary N) is 1. The molecule has 1 fully saturated rings. The van der Waals surface area contributed by atoms with Crippen molar-refractivity contribution in [3.63, 3.8) is 0 Å². The number of fused-ring (bicyclic) bond motifs is 1. The van der Waals surface area contributed by atoms with Gasteiger partial charge in [0.25, 0.3) is 0 Å². The van der Waals surface area contributed by atoms with E-state index in [-0.39, 0.29) is 0 Å². The van der Waals surface area contributed by atoms with E-state index in [9.17, 15) is 0 Å². The average Bonchev–Trinajstić information content (AvgIpc) is 3.24. The normalized spacial score (nSPS) is 16.7. The van der Waals surface area contributed by atoms with Crippen LogP contribution in [0.25, 0.3) is 11.2 Å². The highest BCUT2D eigenvalue weighted by molar-refractivity contribution is 5.71. The molecule has 0 aromatic carbocycles. The number of hydrogen-bond donors (Lipinski definition) is 1. The molecule has 20 heavy (non-hydrogen) atoms. The number of aryl methyl sites for hydroxylation is 1. The first-order valence-corrected chi connectivity index (χ1v) is 7.85. The van der Waals surface area contributed by atoms with Crippen molar-refractivity contribution in [2.24, 2.45) is 11.7 Å². The summed E-state index contributed by atoms with van der Waals surface area (Å²) >= 11 is 0. The molecule has 1 unspecified atom stereocenters. The summed E-state index contributed by atoms with van der Waals surface area (Å²) in [7, 11) is 0. The number of rotatable bonds is 7. The van der Waals surface area contributed by atoms with Crippen molar-refractivity contribution in [2.75, 3.05) is 6.54 Å². The molecule has 108 valence electrons. The average molecular weight is 272 g/mol. The number of pyridine rings is 1. The minimum atomic E-state index is 0.638. The van der Waals surface area contributed by atoms with Crippen molar-refractivity contribution in [1.82, 2.24) is 14.5 Å². The molecule has 0 saturated heterocycles. The second-order valence-corrected chi connectivity index (χ2v) is 5.87. The molecule has 0 bridgehead atoms. The quantitative estimate of drug-likeness (QED) is 0.842. The maximum absolute atomic E-state index is 5.69. The van der Waals surface area contributed by atoms with Gasteiger partial charge in [-0.25, -0.2) is 9.97 Å². The fourth-order valence-corrected chi connectivity index (χ4v) is 2.99. The summed E-state index contributed by atoms with van der Waals surface area (Å²) in [6.45, 7) is 3.05. The van der Waals surface area contributed by atoms with Crippen LogP contribution in [-0.4, -0.2) is 21.1 Å². The second kappa shape index (κ2) is 5.92. The summed E-state index contributed by atoms with van der Waals surface area (Å²) in [4.78, 5) is 9.34. The Labute approximate surface area is 120 Å². The van der Waals surface area contributed by atoms with Crippen LogP contribution in [0, 0.1) is 5.92 Å². The van der Waals surface area contributed by atoms with E-state index < -0.39 is 0 Å². The minimum absolute atomic E-state index is 0.638. The van der Waals surface area contributed by atoms with E-state index in [0.29, 0.717) is 6.04 Å². The lowest BCUT2D eigenvalue weighted by Gasteiger charge is -2.14. The Hall–Kier alpha value is -1.42. The van der Waals surface area contributed by atoms with E-state index in [1.54, 1.807) is 0 Å². The maximum atomic E-state index is 5.69. The highest BCUT2D eigenvalue weighted by Gasteiger charge is 2.28. The molecule has 2 heterocycles. The van der Waals surface area contributed by atoms with Gasteiger partial charge in [-0.15, -0.1) is 0 Å². The summed E-state index contributed by atoms with van der Waals surface area (Å²) in [5, 5.41) is 0. The third-order valence-electron chi connectivity index (χ3n) is 4.36. The van der Waals surface area contributed by atoms with Crippen molar-refractivity contribution in [1.29, 1.82) is 0 Å². The van der Waals surface area contributed by atoms with Gasteiger partial charge in [-0.3, -0.25) is 0 Å². The van der Waals surface area contributed by atoms with Crippen molar-refractivity contribution in [3.05, 3.63) is 24.2 Å². The van der Waals surface area contributed by atoms with Gasteiger partial charge in [-0.2, -0.15) is 0 Å². The highest BCUT2D eigenvalue weighted by Crippen LogP contribution is 2.38. The van der Waals surface area contributed by atoms with E-state index in [1.807, 2.05) is 12.3 Å². The van der Waals surface area contributed by atoms with E-state index in [4.69, 9.17) is 10.7 Å². The Morgan fingerprint density at radius 3 is 2.95 bits per heavy atom. The number of imidazole rings is 1. The lowest BCUT2D eigenvalue weighted by molar-refractivity contribution is 0.435. The molecule has 4 nitrogen and oxygen atoms in total. The first-order chi connectivity index (χ1) is 9.83. The summed E-state index contributed by atoms with van der Waals surface area (Å²) in [5.41, 5.74) is 7.80. The molecule has 4 heteroatoms.